The number of ether oxygens (including phenoxy) is 2. The summed E-state index contributed by atoms with van der Waals surface area (Å²) in [5, 5.41) is 19.1. The number of nitriles is 1. The van der Waals surface area contributed by atoms with Crippen molar-refractivity contribution in [2.45, 2.75) is 45.2 Å². The Morgan fingerprint density at radius 1 is 1.12 bits per heavy atom. The predicted octanol–water partition coefficient (Wildman–Crippen LogP) is 3.75. The van der Waals surface area contributed by atoms with E-state index in [9.17, 15) is 20.0 Å². The van der Waals surface area contributed by atoms with Crippen LogP contribution in [-0.4, -0.2) is 67.7 Å². The molecule has 3 aromatic rings. The lowest BCUT2D eigenvalue weighted by Crippen LogP contribution is -2.55. The minimum Gasteiger partial charge on any atom is -0.465 e. The summed E-state index contributed by atoms with van der Waals surface area (Å²) in [5.74, 6) is 0.547. The van der Waals surface area contributed by atoms with Crippen molar-refractivity contribution in [3.8, 4) is 12.1 Å². The summed E-state index contributed by atoms with van der Waals surface area (Å²) in [5.41, 5.74) is 3.04. The highest BCUT2D eigenvalue weighted by Gasteiger charge is 2.36. The van der Waals surface area contributed by atoms with Crippen LogP contribution in [0.15, 0.2) is 54.9 Å². The normalized spacial score (nSPS) is 17.1. The molecule has 2 atom stereocenters. The van der Waals surface area contributed by atoms with Crippen molar-refractivity contribution < 1.29 is 24.2 Å². The first-order valence-electron chi connectivity index (χ1n) is 13.0. The number of amides is 2. The molecule has 0 bridgehead atoms. The zero-order valence-corrected chi connectivity index (χ0v) is 22.0. The number of aromatic nitrogens is 3. The summed E-state index contributed by atoms with van der Waals surface area (Å²) < 4.78 is 11.6. The number of nitrogens with zero attached hydrogens (tertiary/aromatic N) is 7. The molecule has 0 spiro atoms. The molecule has 2 aromatic heterocycles. The zero-order valence-electron chi connectivity index (χ0n) is 22.0. The van der Waals surface area contributed by atoms with Gasteiger partial charge in [-0.25, -0.2) is 9.59 Å². The molecule has 4 heterocycles. The van der Waals surface area contributed by atoms with Crippen molar-refractivity contribution in [3.05, 3.63) is 77.2 Å². The lowest BCUT2D eigenvalue weighted by Gasteiger charge is -2.41. The Morgan fingerprint density at radius 3 is 2.62 bits per heavy atom. The van der Waals surface area contributed by atoms with Crippen LogP contribution < -0.4 is 9.64 Å². The molecule has 1 N–H and O–H groups in total. The maximum Gasteiger partial charge on any atom is 0.410 e. The monoisotopic (exact) mass is 543 g/mol. The van der Waals surface area contributed by atoms with Gasteiger partial charge >= 0.3 is 18.2 Å². The molecule has 206 valence electrons. The molecular weight excluding hydrogens is 514 g/mol. The molecule has 1 fully saturated rings. The molecule has 5 rings (SSSR count). The van der Waals surface area contributed by atoms with Crippen LogP contribution in [0.4, 0.5) is 15.4 Å². The topological polar surface area (TPSA) is 145 Å². The third-order valence-electron chi connectivity index (χ3n) is 7.02. The van der Waals surface area contributed by atoms with Crippen LogP contribution in [0.25, 0.3) is 0 Å². The van der Waals surface area contributed by atoms with Gasteiger partial charge in [-0.3, -0.25) is 9.88 Å². The SMILES string of the molecule is C[C@@H](Oc1nc2c(c(N3CCN(C(=O)OCc4ccccc4)C(CC#N)C3)n1)CN(C(=O)O)C2)c1ccncc1. The van der Waals surface area contributed by atoms with Crippen LogP contribution in [0.2, 0.25) is 0 Å². The van der Waals surface area contributed by atoms with Gasteiger partial charge in [0.2, 0.25) is 0 Å². The van der Waals surface area contributed by atoms with Gasteiger partial charge in [-0.05, 0) is 30.2 Å². The van der Waals surface area contributed by atoms with E-state index < -0.39 is 18.2 Å². The number of hydrogen-bond acceptors (Lipinski definition) is 9. The number of rotatable bonds is 7. The van der Waals surface area contributed by atoms with Gasteiger partial charge in [-0.1, -0.05) is 30.3 Å². The number of carboxylic acid groups (broad SMARTS) is 1. The number of pyridine rings is 1. The van der Waals surface area contributed by atoms with Crippen LogP contribution in [0.3, 0.4) is 0 Å². The first-order valence-corrected chi connectivity index (χ1v) is 13.0. The van der Waals surface area contributed by atoms with Gasteiger partial charge in [0.25, 0.3) is 0 Å². The number of piperazine rings is 1. The summed E-state index contributed by atoms with van der Waals surface area (Å²) in [6.45, 7) is 3.32. The molecule has 12 nitrogen and oxygen atoms in total. The molecule has 0 aliphatic carbocycles. The minimum atomic E-state index is -1.05. The highest BCUT2D eigenvalue weighted by atomic mass is 16.6. The summed E-state index contributed by atoms with van der Waals surface area (Å²) in [4.78, 5) is 42.8. The van der Waals surface area contributed by atoms with E-state index in [1.54, 1.807) is 17.3 Å². The van der Waals surface area contributed by atoms with Crippen LogP contribution >= 0.6 is 0 Å². The lowest BCUT2D eigenvalue weighted by atomic mass is 10.1. The van der Waals surface area contributed by atoms with Crippen LogP contribution in [0.1, 0.15) is 41.8 Å². The molecule has 2 aliphatic heterocycles. The van der Waals surface area contributed by atoms with E-state index in [0.29, 0.717) is 36.7 Å². The number of carbonyl (C=O) groups excluding carboxylic acids is 1. The summed E-state index contributed by atoms with van der Waals surface area (Å²) in [6.07, 6.45) is 1.55. The molecule has 1 saturated heterocycles. The van der Waals surface area contributed by atoms with Gasteiger partial charge in [0.1, 0.15) is 18.5 Å². The molecule has 1 unspecified atom stereocenters. The number of carbonyl (C=O) groups is 2. The Bertz CT molecular complexity index is 1400. The molecule has 0 saturated carbocycles. The highest BCUT2D eigenvalue weighted by Crippen LogP contribution is 2.33. The Labute approximate surface area is 231 Å². The van der Waals surface area contributed by atoms with Crippen molar-refractivity contribution in [1.82, 2.24) is 24.8 Å². The standard InChI is InChI=1S/C28H29N7O5/c1-19(21-8-11-30-12-9-21)40-26-31-24-17-34(27(36)37)16-23(24)25(32-26)33-13-14-35(22(15-33)7-10-29)28(38)39-18-20-5-3-2-4-6-20/h2-6,8-9,11-12,19,22H,7,13-18H2,1H3,(H,36,37)/t19-,22?/m1/s1. The Hall–Kier alpha value is -4.92. The van der Waals surface area contributed by atoms with Gasteiger partial charge in [-0.2, -0.15) is 15.2 Å². The minimum absolute atomic E-state index is 0.105. The van der Waals surface area contributed by atoms with Crippen LogP contribution in [0.5, 0.6) is 6.01 Å². The van der Waals surface area contributed by atoms with Crippen molar-refractivity contribution in [3.63, 3.8) is 0 Å². The van der Waals surface area contributed by atoms with Crippen molar-refractivity contribution in [2.24, 2.45) is 0 Å². The quantitative estimate of drug-likeness (QED) is 0.468. The third kappa shape index (κ3) is 5.88. The molecule has 12 heteroatoms. The fraction of sp³-hybridized carbons (Fsp3) is 0.357. The number of fused-ring (bicyclic) bond motifs is 1. The molecule has 1 aromatic carbocycles. The number of anilines is 1. The Kier molecular flexibility index (Phi) is 7.91. The summed E-state index contributed by atoms with van der Waals surface area (Å²) in [7, 11) is 0. The van der Waals surface area contributed by atoms with Crippen LogP contribution in [-0.2, 0) is 24.4 Å². The highest BCUT2D eigenvalue weighted by molar-refractivity contribution is 5.69. The van der Waals surface area contributed by atoms with E-state index in [0.717, 1.165) is 11.1 Å². The molecule has 2 aliphatic rings. The zero-order chi connectivity index (χ0) is 28.1. The van der Waals surface area contributed by atoms with E-state index in [4.69, 9.17) is 14.5 Å². The number of benzene rings is 1. The second-order valence-electron chi connectivity index (χ2n) is 9.63. The Balaban J connectivity index is 1.37. The third-order valence-corrected chi connectivity index (χ3v) is 7.02. The van der Waals surface area contributed by atoms with Gasteiger partial charge in [0, 0.05) is 37.6 Å². The van der Waals surface area contributed by atoms with Gasteiger partial charge in [-0.15, -0.1) is 0 Å². The summed E-state index contributed by atoms with van der Waals surface area (Å²) >= 11 is 0. The fourth-order valence-corrected chi connectivity index (χ4v) is 4.90. The van der Waals surface area contributed by atoms with Crippen molar-refractivity contribution in [2.75, 3.05) is 24.5 Å². The van der Waals surface area contributed by atoms with E-state index in [2.05, 4.69) is 16.0 Å². The molecule has 40 heavy (non-hydrogen) atoms. The first kappa shape index (κ1) is 26.7. The molecule has 2 amide bonds. The maximum atomic E-state index is 13.0. The van der Waals surface area contributed by atoms with Gasteiger partial charge in [0.15, 0.2) is 0 Å². The second-order valence-corrected chi connectivity index (χ2v) is 9.63. The van der Waals surface area contributed by atoms with Crippen molar-refractivity contribution >= 4 is 18.0 Å². The molecule has 0 radical (unpaired) electrons. The van der Waals surface area contributed by atoms with Crippen molar-refractivity contribution in [1.29, 1.82) is 5.26 Å². The largest absolute Gasteiger partial charge is 0.465 e. The molecular formula is C28H29N7O5. The van der Waals surface area contributed by atoms with E-state index in [1.165, 1.54) is 4.90 Å². The van der Waals surface area contributed by atoms with E-state index >= 15 is 0 Å². The average molecular weight is 544 g/mol. The Morgan fingerprint density at radius 2 is 1.90 bits per heavy atom. The average Bonchev–Trinajstić information content (AvgIpc) is 3.41. The first-order chi connectivity index (χ1) is 19.4. The number of hydrogen-bond donors (Lipinski definition) is 1. The fourth-order valence-electron chi connectivity index (χ4n) is 4.90. The van der Waals surface area contributed by atoms with Gasteiger partial charge < -0.3 is 24.4 Å². The van der Waals surface area contributed by atoms with Gasteiger partial charge in [0.05, 0.1) is 37.3 Å². The second kappa shape index (κ2) is 11.9. The maximum absolute atomic E-state index is 13.0. The predicted molar refractivity (Wildman–Crippen MR) is 142 cm³/mol. The summed E-state index contributed by atoms with van der Waals surface area (Å²) in [6, 6.07) is 14.9. The van der Waals surface area contributed by atoms with E-state index in [-0.39, 0.29) is 38.2 Å². The van der Waals surface area contributed by atoms with E-state index in [1.807, 2.05) is 54.3 Å². The smallest absolute Gasteiger partial charge is 0.410 e. The van der Waals surface area contributed by atoms with Crippen LogP contribution in [0, 0.1) is 11.3 Å². The lowest BCUT2D eigenvalue weighted by molar-refractivity contribution is 0.0767.